The fourth-order valence-electron chi connectivity index (χ4n) is 1.98. The molecule has 0 aromatic carbocycles. The zero-order valence-corrected chi connectivity index (χ0v) is 11.8. The second kappa shape index (κ2) is 10.6. The first-order valence-electron chi connectivity index (χ1n) is 7.16. The van der Waals surface area contributed by atoms with Crippen LogP contribution in [0.15, 0.2) is 0 Å². The van der Waals surface area contributed by atoms with E-state index in [9.17, 15) is 4.79 Å². The van der Waals surface area contributed by atoms with E-state index in [4.69, 9.17) is 5.73 Å². The Kier molecular flexibility index (Phi) is 10.2. The van der Waals surface area contributed by atoms with Crippen LogP contribution in [-0.2, 0) is 4.79 Å². The third-order valence-electron chi connectivity index (χ3n) is 3.24. The van der Waals surface area contributed by atoms with Crippen LogP contribution in [0.2, 0.25) is 0 Å². The standard InChI is InChI=1S/C14H30N2O/c1-4-7-9-12(6-3)11-16-14(17)10-13(15)8-5-2/h12-13H,4-11,15H2,1-3H3,(H,16,17). The number of carbonyl (C=O) groups is 1. The average Bonchev–Trinajstić information content (AvgIpc) is 2.29. The van der Waals surface area contributed by atoms with E-state index >= 15 is 0 Å². The van der Waals surface area contributed by atoms with Crippen molar-refractivity contribution in [3.8, 4) is 0 Å². The molecule has 0 aromatic rings. The molecule has 3 heteroatoms. The number of hydrogen-bond acceptors (Lipinski definition) is 2. The Hall–Kier alpha value is -0.570. The molecule has 3 N–H and O–H groups in total. The lowest BCUT2D eigenvalue weighted by Gasteiger charge is -2.16. The molecule has 0 bridgehead atoms. The van der Waals surface area contributed by atoms with Crippen LogP contribution in [-0.4, -0.2) is 18.5 Å². The fraction of sp³-hybridized carbons (Fsp3) is 0.929. The SMILES string of the molecule is CCCCC(CC)CNC(=O)CC(N)CCC. The van der Waals surface area contributed by atoms with Crippen molar-refractivity contribution in [1.82, 2.24) is 5.32 Å². The zero-order valence-electron chi connectivity index (χ0n) is 11.8. The maximum absolute atomic E-state index is 11.6. The van der Waals surface area contributed by atoms with Gasteiger partial charge in [0.15, 0.2) is 0 Å². The maximum Gasteiger partial charge on any atom is 0.221 e. The van der Waals surface area contributed by atoms with Crippen molar-refractivity contribution >= 4 is 5.91 Å². The predicted molar refractivity (Wildman–Crippen MR) is 73.8 cm³/mol. The molecule has 0 spiro atoms. The lowest BCUT2D eigenvalue weighted by atomic mass is 9.99. The van der Waals surface area contributed by atoms with Crippen LogP contribution in [0.5, 0.6) is 0 Å². The summed E-state index contributed by atoms with van der Waals surface area (Å²) in [5.74, 6) is 0.738. The van der Waals surface area contributed by atoms with Crippen LogP contribution in [0.4, 0.5) is 0 Å². The average molecular weight is 242 g/mol. The summed E-state index contributed by atoms with van der Waals surface area (Å²) in [7, 11) is 0. The lowest BCUT2D eigenvalue weighted by molar-refractivity contribution is -0.121. The summed E-state index contributed by atoms with van der Waals surface area (Å²) in [5, 5.41) is 3.01. The molecule has 0 heterocycles. The third kappa shape index (κ3) is 9.16. The number of nitrogens with two attached hydrogens (primary N) is 1. The highest BCUT2D eigenvalue weighted by Crippen LogP contribution is 2.11. The van der Waals surface area contributed by atoms with Crippen LogP contribution < -0.4 is 11.1 Å². The van der Waals surface area contributed by atoms with E-state index in [0.717, 1.165) is 25.8 Å². The van der Waals surface area contributed by atoms with Crippen molar-refractivity contribution in [2.45, 2.75) is 71.8 Å². The first-order valence-corrected chi connectivity index (χ1v) is 7.16. The van der Waals surface area contributed by atoms with Crippen molar-refractivity contribution in [1.29, 1.82) is 0 Å². The molecule has 0 aliphatic carbocycles. The molecule has 0 aliphatic rings. The molecule has 0 aliphatic heterocycles. The molecular formula is C14H30N2O. The highest BCUT2D eigenvalue weighted by Gasteiger charge is 2.11. The summed E-state index contributed by atoms with van der Waals surface area (Å²) in [6.45, 7) is 7.30. The van der Waals surface area contributed by atoms with Gasteiger partial charge in [0.2, 0.25) is 5.91 Å². The first kappa shape index (κ1) is 16.4. The highest BCUT2D eigenvalue weighted by atomic mass is 16.1. The van der Waals surface area contributed by atoms with E-state index < -0.39 is 0 Å². The Morgan fingerprint density at radius 2 is 1.88 bits per heavy atom. The monoisotopic (exact) mass is 242 g/mol. The van der Waals surface area contributed by atoms with E-state index in [0.29, 0.717) is 12.3 Å². The Labute approximate surface area is 107 Å². The van der Waals surface area contributed by atoms with E-state index in [-0.39, 0.29) is 11.9 Å². The van der Waals surface area contributed by atoms with Crippen LogP contribution in [0.25, 0.3) is 0 Å². The van der Waals surface area contributed by atoms with Gasteiger partial charge in [-0.3, -0.25) is 4.79 Å². The minimum atomic E-state index is 0.0238. The Balaban J connectivity index is 3.72. The summed E-state index contributed by atoms with van der Waals surface area (Å²) in [6.07, 6.45) is 7.28. The predicted octanol–water partition coefficient (Wildman–Crippen LogP) is 2.84. The molecule has 0 rings (SSSR count). The van der Waals surface area contributed by atoms with E-state index in [1.165, 1.54) is 19.3 Å². The molecule has 3 nitrogen and oxygen atoms in total. The fourth-order valence-corrected chi connectivity index (χ4v) is 1.98. The third-order valence-corrected chi connectivity index (χ3v) is 3.24. The van der Waals surface area contributed by atoms with Crippen LogP contribution in [0.1, 0.15) is 65.7 Å². The molecule has 102 valence electrons. The lowest BCUT2D eigenvalue weighted by Crippen LogP contribution is -2.34. The Morgan fingerprint density at radius 1 is 1.18 bits per heavy atom. The van der Waals surface area contributed by atoms with Gasteiger partial charge in [0.1, 0.15) is 0 Å². The highest BCUT2D eigenvalue weighted by molar-refractivity contribution is 5.76. The molecule has 0 fully saturated rings. The second-order valence-electron chi connectivity index (χ2n) is 4.97. The topological polar surface area (TPSA) is 55.1 Å². The molecule has 1 amide bonds. The number of hydrogen-bond donors (Lipinski definition) is 2. The summed E-state index contributed by atoms with van der Waals surface area (Å²) in [5.41, 5.74) is 5.84. The molecule has 17 heavy (non-hydrogen) atoms. The minimum Gasteiger partial charge on any atom is -0.356 e. The van der Waals surface area contributed by atoms with E-state index in [1.807, 2.05) is 0 Å². The van der Waals surface area contributed by atoms with E-state index in [1.54, 1.807) is 0 Å². The van der Waals surface area contributed by atoms with Gasteiger partial charge in [0, 0.05) is 19.0 Å². The maximum atomic E-state index is 11.6. The number of carbonyl (C=O) groups excluding carboxylic acids is 1. The second-order valence-corrected chi connectivity index (χ2v) is 4.97. The van der Waals surface area contributed by atoms with Gasteiger partial charge in [-0.1, -0.05) is 46.5 Å². The van der Waals surface area contributed by atoms with Crippen molar-refractivity contribution in [3.63, 3.8) is 0 Å². The molecule has 2 atom stereocenters. The number of amides is 1. The van der Waals surface area contributed by atoms with Crippen molar-refractivity contribution in [3.05, 3.63) is 0 Å². The van der Waals surface area contributed by atoms with Gasteiger partial charge in [-0.25, -0.2) is 0 Å². The molecule has 0 saturated heterocycles. The normalized spacial score (nSPS) is 14.4. The largest absolute Gasteiger partial charge is 0.356 e. The zero-order chi connectivity index (χ0) is 13.1. The van der Waals surface area contributed by atoms with Gasteiger partial charge in [-0.15, -0.1) is 0 Å². The molecule has 0 saturated carbocycles. The van der Waals surface area contributed by atoms with Crippen molar-refractivity contribution < 1.29 is 4.79 Å². The van der Waals surface area contributed by atoms with Gasteiger partial charge in [-0.2, -0.15) is 0 Å². The number of rotatable bonds is 10. The Morgan fingerprint density at radius 3 is 2.41 bits per heavy atom. The van der Waals surface area contributed by atoms with Crippen LogP contribution >= 0.6 is 0 Å². The number of nitrogens with one attached hydrogen (secondary N) is 1. The smallest absolute Gasteiger partial charge is 0.221 e. The number of unbranched alkanes of at least 4 members (excludes halogenated alkanes) is 1. The minimum absolute atomic E-state index is 0.0238. The molecule has 0 radical (unpaired) electrons. The van der Waals surface area contributed by atoms with Gasteiger partial charge in [0.25, 0.3) is 0 Å². The molecule has 2 unspecified atom stereocenters. The van der Waals surface area contributed by atoms with Crippen molar-refractivity contribution in [2.24, 2.45) is 11.7 Å². The van der Waals surface area contributed by atoms with Crippen molar-refractivity contribution in [2.75, 3.05) is 6.54 Å². The van der Waals surface area contributed by atoms with Gasteiger partial charge >= 0.3 is 0 Å². The first-order chi connectivity index (χ1) is 8.13. The van der Waals surface area contributed by atoms with Gasteiger partial charge in [-0.05, 0) is 18.8 Å². The van der Waals surface area contributed by atoms with Gasteiger partial charge in [0.05, 0.1) is 0 Å². The summed E-state index contributed by atoms with van der Waals surface area (Å²) < 4.78 is 0. The van der Waals surface area contributed by atoms with E-state index in [2.05, 4.69) is 26.1 Å². The summed E-state index contributed by atoms with van der Waals surface area (Å²) >= 11 is 0. The van der Waals surface area contributed by atoms with Crippen LogP contribution in [0, 0.1) is 5.92 Å². The van der Waals surface area contributed by atoms with Gasteiger partial charge < -0.3 is 11.1 Å². The molecule has 0 aromatic heterocycles. The quantitative estimate of drug-likeness (QED) is 0.619. The Bertz CT molecular complexity index is 195. The summed E-state index contributed by atoms with van der Waals surface area (Å²) in [6, 6.07) is 0.0238. The molecular weight excluding hydrogens is 212 g/mol. The van der Waals surface area contributed by atoms with Crippen LogP contribution in [0.3, 0.4) is 0 Å². The summed E-state index contributed by atoms with van der Waals surface area (Å²) in [4.78, 5) is 11.6.